The first kappa shape index (κ1) is 17.1. The van der Waals surface area contributed by atoms with Gasteiger partial charge in [0.2, 0.25) is 0 Å². The minimum atomic E-state index is -4.81. The molecular weight excluding hydrogens is 348 g/mol. The molecule has 25 heavy (non-hydrogen) atoms. The summed E-state index contributed by atoms with van der Waals surface area (Å²) in [7, 11) is 0. The van der Waals surface area contributed by atoms with Crippen LogP contribution in [0.4, 0.5) is 26.3 Å². The smallest absolute Gasteiger partial charge is 0.355 e. The number of nitrogens with zero attached hydrogens (tertiary/aromatic N) is 1. The van der Waals surface area contributed by atoms with Gasteiger partial charge in [-0.3, -0.25) is 0 Å². The van der Waals surface area contributed by atoms with E-state index in [-0.39, 0.29) is 11.3 Å². The Labute approximate surface area is 137 Å². The fraction of sp³-hybridized carbons (Fsp3) is 0.118. The van der Waals surface area contributed by atoms with Crippen LogP contribution in [0.1, 0.15) is 11.3 Å². The molecule has 0 spiro atoms. The van der Waals surface area contributed by atoms with Crippen molar-refractivity contribution in [1.82, 2.24) is 5.16 Å². The molecule has 130 valence electrons. The summed E-state index contributed by atoms with van der Waals surface area (Å²) < 4.78 is 82.5. The normalized spacial score (nSPS) is 12.4. The molecular formula is C17H9F6NO. The van der Waals surface area contributed by atoms with Gasteiger partial charge in [-0.15, -0.1) is 0 Å². The number of halogens is 6. The third-order valence-electron chi connectivity index (χ3n) is 3.50. The summed E-state index contributed by atoms with van der Waals surface area (Å²) in [6.45, 7) is 0. The number of aromatic nitrogens is 1. The van der Waals surface area contributed by atoms with Gasteiger partial charge >= 0.3 is 12.4 Å². The first-order valence-corrected chi connectivity index (χ1v) is 6.98. The van der Waals surface area contributed by atoms with Crippen molar-refractivity contribution in [2.75, 3.05) is 0 Å². The van der Waals surface area contributed by atoms with E-state index in [9.17, 15) is 26.3 Å². The molecule has 0 atom stereocenters. The summed E-state index contributed by atoms with van der Waals surface area (Å²) in [6, 6.07) is 11.3. The predicted octanol–water partition coefficient (Wildman–Crippen LogP) is 6.05. The van der Waals surface area contributed by atoms with Crippen molar-refractivity contribution in [2.24, 2.45) is 0 Å². The molecule has 3 rings (SSSR count). The van der Waals surface area contributed by atoms with Crippen LogP contribution in [-0.2, 0) is 12.4 Å². The van der Waals surface area contributed by atoms with Gasteiger partial charge in [0.1, 0.15) is 0 Å². The van der Waals surface area contributed by atoms with Gasteiger partial charge in [0.05, 0.1) is 11.1 Å². The van der Waals surface area contributed by atoms with E-state index in [2.05, 4.69) is 5.16 Å². The monoisotopic (exact) mass is 357 g/mol. The highest BCUT2D eigenvalue weighted by atomic mass is 19.4. The van der Waals surface area contributed by atoms with Gasteiger partial charge in [0, 0.05) is 5.56 Å². The Kier molecular flexibility index (Phi) is 4.06. The summed E-state index contributed by atoms with van der Waals surface area (Å²) in [5, 5.41) is 3.09. The van der Waals surface area contributed by atoms with Gasteiger partial charge in [0.15, 0.2) is 11.5 Å². The Morgan fingerprint density at radius 1 is 0.680 bits per heavy atom. The Bertz CT molecular complexity index is 863. The number of hydrogen-bond donors (Lipinski definition) is 0. The van der Waals surface area contributed by atoms with Gasteiger partial charge < -0.3 is 4.52 Å². The third-order valence-corrected chi connectivity index (χ3v) is 3.50. The Morgan fingerprint density at radius 2 is 1.28 bits per heavy atom. The second-order valence-corrected chi connectivity index (χ2v) is 5.17. The van der Waals surface area contributed by atoms with Crippen LogP contribution < -0.4 is 0 Å². The summed E-state index contributed by atoms with van der Waals surface area (Å²) >= 11 is 0. The maximum Gasteiger partial charge on any atom is 0.437 e. The van der Waals surface area contributed by atoms with Crippen LogP contribution >= 0.6 is 0 Å². The summed E-state index contributed by atoms with van der Waals surface area (Å²) in [5.41, 5.74) is -2.37. The fourth-order valence-corrected chi connectivity index (χ4v) is 2.36. The van der Waals surface area contributed by atoms with Crippen molar-refractivity contribution in [3.63, 3.8) is 0 Å². The zero-order chi connectivity index (χ0) is 18.2. The summed E-state index contributed by atoms with van der Waals surface area (Å²) in [6.07, 6.45) is -9.39. The Balaban J connectivity index is 2.18. The number of rotatable bonds is 2. The van der Waals surface area contributed by atoms with E-state index in [4.69, 9.17) is 4.52 Å². The summed E-state index contributed by atoms with van der Waals surface area (Å²) in [5.74, 6) is -0.160. The van der Waals surface area contributed by atoms with Crippen LogP contribution in [0.25, 0.3) is 22.5 Å². The molecule has 0 bridgehead atoms. The molecule has 0 unspecified atom stereocenters. The number of benzene rings is 2. The molecule has 1 aromatic heterocycles. The lowest BCUT2D eigenvalue weighted by atomic mass is 9.98. The molecule has 2 aromatic carbocycles. The molecule has 0 radical (unpaired) electrons. The van der Waals surface area contributed by atoms with E-state index >= 15 is 0 Å². The molecule has 0 aliphatic carbocycles. The van der Waals surface area contributed by atoms with Gasteiger partial charge in [-0.25, -0.2) is 0 Å². The lowest BCUT2D eigenvalue weighted by molar-refractivity contribution is -0.142. The molecule has 0 aliphatic rings. The Hall–Kier alpha value is -2.77. The van der Waals surface area contributed by atoms with Crippen LogP contribution in [0.3, 0.4) is 0 Å². The van der Waals surface area contributed by atoms with Crippen LogP contribution in [0.15, 0.2) is 59.1 Å². The van der Waals surface area contributed by atoms with E-state index < -0.39 is 29.2 Å². The topological polar surface area (TPSA) is 26.0 Å². The van der Waals surface area contributed by atoms with Crippen molar-refractivity contribution in [1.29, 1.82) is 0 Å². The molecule has 1 heterocycles. The maximum absolute atomic E-state index is 13.2. The van der Waals surface area contributed by atoms with E-state index in [0.29, 0.717) is 5.56 Å². The molecule has 3 aromatic rings. The highest BCUT2D eigenvalue weighted by Gasteiger charge is 2.40. The zero-order valence-electron chi connectivity index (χ0n) is 12.3. The lowest BCUT2D eigenvalue weighted by Crippen LogP contribution is -2.08. The molecule has 0 N–H and O–H groups in total. The average molecular weight is 357 g/mol. The lowest BCUT2D eigenvalue weighted by Gasteiger charge is -2.10. The van der Waals surface area contributed by atoms with Crippen LogP contribution in [0, 0.1) is 0 Å². The average Bonchev–Trinajstić information content (AvgIpc) is 3.00. The van der Waals surface area contributed by atoms with Crippen LogP contribution in [-0.4, -0.2) is 5.16 Å². The fourth-order valence-electron chi connectivity index (χ4n) is 2.36. The highest BCUT2D eigenvalue weighted by molar-refractivity contribution is 5.81. The van der Waals surface area contributed by atoms with Gasteiger partial charge in [0.25, 0.3) is 0 Å². The third kappa shape index (κ3) is 3.38. The van der Waals surface area contributed by atoms with Crippen molar-refractivity contribution in [3.8, 4) is 22.5 Å². The van der Waals surface area contributed by atoms with Crippen LogP contribution in [0.2, 0.25) is 0 Å². The minimum absolute atomic E-state index is 0.0690. The van der Waals surface area contributed by atoms with E-state index in [1.807, 2.05) is 0 Å². The van der Waals surface area contributed by atoms with Gasteiger partial charge in [-0.05, 0) is 17.7 Å². The largest absolute Gasteiger partial charge is 0.437 e. The second kappa shape index (κ2) is 5.94. The standard InChI is InChI=1S/C17H9F6NO/c18-16(19,20)12-8-6-10(7-9-12)13-14(11-4-2-1-3-5-11)25-24-15(13)17(21,22)23/h1-9H. The molecule has 8 heteroatoms. The van der Waals surface area contributed by atoms with Crippen molar-refractivity contribution < 1.29 is 30.9 Å². The molecule has 0 fully saturated rings. The van der Waals surface area contributed by atoms with E-state index in [1.54, 1.807) is 18.2 Å². The predicted molar refractivity (Wildman–Crippen MR) is 77.4 cm³/mol. The highest BCUT2D eigenvalue weighted by Crippen LogP contribution is 2.43. The first-order chi connectivity index (χ1) is 11.7. The number of hydrogen-bond acceptors (Lipinski definition) is 2. The maximum atomic E-state index is 13.2. The first-order valence-electron chi connectivity index (χ1n) is 6.98. The molecule has 0 amide bonds. The minimum Gasteiger partial charge on any atom is -0.355 e. The molecule has 0 saturated carbocycles. The van der Waals surface area contributed by atoms with E-state index in [0.717, 1.165) is 24.3 Å². The second-order valence-electron chi connectivity index (χ2n) is 5.17. The Morgan fingerprint density at radius 3 is 1.80 bits per heavy atom. The van der Waals surface area contributed by atoms with Crippen molar-refractivity contribution in [2.45, 2.75) is 12.4 Å². The summed E-state index contributed by atoms with van der Waals surface area (Å²) in [4.78, 5) is 0. The quantitative estimate of drug-likeness (QED) is 0.522. The number of alkyl halides is 6. The van der Waals surface area contributed by atoms with E-state index in [1.165, 1.54) is 12.1 Å². The SMILES string of the molecule is FC(F)(F)c1ccc(-c2c(C(F)(F)F)noc2-c2ccccc2)cc1. The van der Waals surface area contributed by atoms with Crippen molar-refractivity contribution >= 4 is 0 Å². The molecule has 2 nitrogen and oxygen atoms in total. The molecule has 0 aliphatic heterocycles. The van der Waals surface area contributed by atoms with Gasteiger partial charge in [-0.2, -0.15) is 26.3 Å². The van der Waals surface area contributed by atoms with Crippen molar-refractivity contribution in [3.05, 3.63) is 65.9 Å². The zero-order valence-corrected chi connectivity index (χ0v) is 12.3. The van der Waals surface area contributed by atoms with Crippen LogP contribution in [0.5, 0.6) is 0 Å². The molecule has 0 saturated heterocycles. The van der Waals surface area contributed by atoms with Gasteiger partial charge in [-0.1, -0.05) is 47.6 Å².